The first-order chi connectivity index (χ1) is 11.3. The summed E-state index contributed by atoms with van der Waals surface area (Å²) in [6.45, 7) is 0.834. The van der Waals surface area contributed by atoms with E-state index in [1.807, 2.05) is 23.1 Å². The first-order valence-corrected chi connectivity index (χ1v) is 8.09. The van der Waals surface area contributed by atoms with Gasteiger partial charge in [0.25, 0.3) is 5.91 Å². The van der Waals surface area contributed by atoms with Crippen LogP contribution >= 0.6 is 0 Å². The molecule has 4 nitrogen and oxygen atoms in total. The molecule has 0 radical (unpaired) electrons. The highest BCUT2D eigenvalue weighted by Crippen LogP contribution is 2.26. The van der Waals surface area contributed by atoms with Crippen LogP contribution in [0.5, 0.6) is 0 Å². The fourth-order valence-corrected chi connectivity index (χ4v) is 3.52. The van der Waals surface area contributed by atoms with E-state index in [4.69, 9.17) is 0 Å². The van der Waals surface area contributed by atoms with Crippen molar-refractivity contribution in [1.29, 1.82) is 0 Å². The van der Waals surface area contributed by atoms with Crippen LogP contribution in [0.25, 0.3) is 10.9 Å². The van der Waals surface area contributed by atoms with Gasteiger partial charge in [0.15, 0.2) is 0 Å². The topological polar surface area (TPSA) is 49.0 Å². The molecule has 3 aromatic rings. The number of aromatic amines is 1. The summed E-state index contributed by atoms with van der Waals surface area (Å²) in [5, 5.41) is 1.26. The standard InChI is InChI=1S/C19H19N3O/c23-19(14-5-3-9-20-12-14)22-10-4-6-16(22)11-15-13-21-18-8-2-1-7-17(15)18/h1-3,5,7-9,12-13,16,21H,4,6,10-11H2. The van der Waals surface area contributed by atoms with Crippen LogP contribution in [0.1, 0.15) is 28.8 Å². The maximum atomic E-state index is 12.7. The predicted octanol–water partition coefficient (Wildman–Crippen LogP) is 3.41. The van der Waals surface area contributed by atoms with Crippen molar-refractivity contribution in [3.05, 3.63) is 66.1 Å². The summed E-state index contributed by atoms with van der Waals surface area (Å²) in [7, 11) is 0. The van der Waals surface area contributed by atoms with Gasteiger partial charge in [0, 0.05) is 42.1 Å². The Morgan fingerprint density at radius 1 is 1.26 bits per heavy atom. The second kappa shape index (κ2) is 5.88. The van der Waals surface area contributed by atoms with E-state index in [-0.39, 0.29) is 11.9 Å². The van der Waals surface area contributed by atoms with Gasteiger partial charge in [0.05, 0.1) is 5.56 Å². The molecule has 1 fully saturated rings. The molecule has 0 aliphatic carbocycles. The van der Waals surface area contributed by atoms with E-state index >= 15 is 0 Å². The Bertz CT molecular complexity index is 825. The molecule has 4 rings (SSSR count). The van der Waals surface area contributed by atoms with Crippen molar-refractivity contribution in [2.24, 2.45) is 0 Å². The lowest BCUT2D eigenvalue weighted by Gasteiger charge is -2.24. The zero-order chi connectivity index (χ0) is 15.6. The maximum absolute atomic E-state index is 12.7. The number of nitrogens with one attached hydrogen (secondary N) is 1. The number of fused-ring (bicyclic) bond motifs is 1. The van der Waals surface area contributed by atoms with Crippen molar-refractivity contribution >= 4 is 16.8 Å². The van der Waals surface area contributed by atoms with Gasteiger partial charge >= 0.3 is 0 Å². The first kappa shape index (κ1) is 14.0. The number of carbonyl (C=O) groups is 1. The Morgan fingerprint density at radius 3 is 3.04 bits per heavy atom. The molecule has 1 aliphatic rings. The molecule has 3 heterocycles. The van der Waals surface area contributed by atoms with Crippen LogP contribution in [0.15, 0.2) is 55.0 Å². The summed E-state index contributed by atoms with van der Waals surface area (Å²) in [5.74, 6) is 0.0976. The minimum absolute atomic E-state index is 0.0976. The van der Waals surface area contributed by atoms with Crippen molar-refractivity contribution in [2.45, 2.75) is 25.3 Å². The Morgan fingerprint density at radius 2 is 2.17 bits per heavy atom. The molecule has 2 aromatic heterocycles. The van der Waals surface area contributed by atoms with Crippen LogP contribution < -0.4 is 0 Å². The lowest BCUT2D eigenvalue weighted by atomic mass is 10.0. The number of rotatable bonds is 3. The fraction of sp³-hybridized carbons (Fsp3) is 0.263. The van der Waals surface area contributed by atoms with Crippen LogP contribution in [0.3, 0.4) is 0 Å². The third kappa shape index (κ3) is 2.61. The Balaban J connectivity index is 1.57. The van der Waals surface area contributed by atoms with Gasteiger partial charge in [-0.2, -0.15) is 0 Å². The van der Waals surface area contributed by atoms with Crippen LogP contribution in [-0.4, -0.2) is 33.4 Å². The van der Waals surface area contributed by atoms with Crippen molar-refractivity contribution in [3.8, 4) is 0 Å². The van der Waals surface area contributed by atoms with Gasteiger partial charge in [-0.1, -0.05) is 18.2 Å². The number of aromatic nitrogens is 2. The summed E-state index contributed by atoms with van der Waals surface area (Å²) < 4.78 is 0. The van der Waals surface area contributed by atoms with Gasteiger partial charge < -0.3 is 9.88 Å². The number of benzene rings is 1. The number of pyridine rings is 1. The van der Waals surface area contributed by atoms with Gasteiger partial charge in [0.1, 0.15) is 0 Å². The Kier molecular flexibility index (Phi) is 3.58. The molecule has 1 atom stereocenters. The smallest absolute Gasteiger partial charge is 0.255 e. The summed E-state index contributed by atoms with van der Waals surface area (Å²) in [6, 6.07) is 12.3. The van der Waals surface area contributed by atoms with E-state index in [2.05, 4.69) is 34.4 Å². The van der Waals surface area contributed by atoms with Gasteiger partial charge in [-0.3, -0.25) is 9.78 Å². The summed E-state index contributed by atoms with van der Waals surface area (Å²) in [5.41, 5.74) is 3.13. The molecule has 23 heavy (non-hydrogen) atoms. The van der Waals surface area contributed by atoms with Crippen LogP contribution in [0.4, 0.5) is 0 Å². The SMILES string of the molecule is O=C(c1cccnc1)N1CCCC1Cc1c[nH]c2ccccc12. The lowest BCUT2D eigenvalue weighted by Crippen LogP contribution is -2.36. The quantitative estimate of drug-likeness (QED) is 0.806. The second-order valence-electron chi connectivity index (χ2n) is 6.10. The molecule has 0 bridgehead atoms. The largest absolute Gasteiger partial charge is 0.361 e. The van der Waals surface area contributed by atoms with E-state index in [1.54, 1.807) is 12.4 Å². The molecule has 1 amide bonds. The number of para-hydroxylation sites is 1. The Hall–Kier alpha value is -2.62. The average Bonchev–Trinajstić information content (AvgIpc) is 3.23. The van der Waals surface area contributed by atoms with Crippen LogP contribution in [0, 0.1) is 0 Å². The molecule has 1 aliphatic heterocycles. The number of hydrogen-bond donors (Lipinski definition) is 1. The van der Waals surface area contributed by atoms with Crippen molar-refractivity contribution in [3.63, 3.8) is 0 Å². The van der Waals surface area contributed by atoms with Gasteiger partial charge in [0.2, 0.25) is 0 Å². The van der Waals surface area contributed by atoms with E-state index in [1.165, 1.54) is 10.9 Å². The minimum Gasteiger partial charge on any atom is -0.361 e. The number of nitrogens with zero attached hydrogens (tertiary/aromatic N) is 2. The van der Waals surface area contributed by atoms with Crippen LogP contribution in [-0.2, 0) is 6.42 Å². The molecule has 1 unspecified atom stereocenters. The third-order valence-electron chi connectivity index (χ3n) is 4.68. The second-order valence-corrected chi connectivity index (χ2v) is 6.10. The van der Waals surface area contributed by atoms with Crippen LogP contribution in [0.2, 0.25) is 0 Å². The zero-order valence-electron chi connectivity index (χ0n) is 12.9. The number of amides is 1. The highest BCUT2D eigenvalue weighted by Gasteiger charge is 2.30. The van der Waals surface area contributed by atoms with E-state index in [0.717, 1.165) is 31.3 Å². The van der Waals surface area contributed by atoms with Crippen molar-refractivity contribution in [2.75, 3.05) is 6.54 Å². The Labute approximate surface area is 135 Å². The normalized spacial score (nSPS) is 17.7. The third-order valence-corrected chi connectivity index (χ3v) is 4.68. The summed E-state index contributed by atoms with van der Waals surface area (Å²) >= 11 is 0. The van der Waals surface area contributed by atoms with E-state index in [9.17, 15) is 4.79 Å². The number of likely N-dealkylation sites (tertiary alicyclic amines) is 1. The molecule has 1 saturated heterocycles. The molecule has 0 spiro atoms. The van der Waals surface area contributed by atoms with E-state index in [0.29, 0.717) is 5.56 Å². The summed E-state index contributed by atoms with van der Waals surface area (Å²) in [6.07, 6.45) is 8.46. The molecule has 4 heteroatoms. The average molecular weight is 305 g/mol. The lowest BCUT2D eigenvalue weighted by molar-refractivity contribution is 0.0736. The molecular weight excluding hydrogens is 286 g/mol. The molecule has 1 aromatic carbocycles. The minimum atomic E-state index is 0.0976. The number of hydrogen-bond acceptors (Lipinski definition) is 2. The van der Waals surface area contributed by atoms with Crippen molar-refractivity contribution < 1.29 is 4.79 Å². The molecular formula is C19H19N3O. The zero-order valence-corrected chi connectivity index (χ0v) is 12.9. The maximum Gasteiger partial charge on any atom is 0.255 e. The molecule has 1 N–H and O–H groups in total. The highest BCUT2D eigenvalue weighted by atomic mass is 16.2. The van der Waals surface area contributed by atoms with Crippen molar-refractivity contribution in [1.82, 2.24) is 14.9 Å². The van der Waals surface area contributed by atoms with Gasteiger partial charge in [-0.05, 0) is 43.0 Å². The van der Waals surface area contributed by atoms with Gasteiger partial charge in [-0.15, -0.1) is 0 Å². The monoisotopic (exact) mass is 305 g/mol. The first-order valence-electron chi connectivity index (χ1n) is 8.09. The predicted molar refractivity (Wildman–Crippen MR) is 90.3 cm³/mol. The van der Waals surface area contributed by atoms with E-state index < -0.39 is 0 Å². The molecule has 0 saturated carbocycles. The molecule has 116 valence electrons. The van der Waals surface area contributed by atoms with Gasteiger partial charge in [-0.25, -0.2) is 0 Å². The highest BCUT2D eigenvalue weighted by molar-refractivity contribution is 5.94. The fourth-order valence-electron chi connectivity index (χ4n) is 3.52. The number of H-pyrrole nitrogens is 1. The number of carbonyl (C=O) groups excluding carboxylic acids is 1. The summed E-state index contributed by atoms with van der Waals surface area (Å²) in [4.78, 5) is 22.1.